The van der Waals surface area contributed by atoms with E-state index in [1.54, 1.807) is 11.0 Å². The predicted octanol–water partition coefficient (Wildman–Crippen LogP) is 2.37. The van der Waals surface area contributed by atoms with Gasteiger partial charge in [-0.25, -0.2) is 14.5 Å². The van der Waals surface area contributed by atoms with Crippen LogP contribution in [0.15, 0.2) is 49.1 Å². The van der Waals surface area contributed by atoms with Crippen LogP contribution in [-0.2, 0) is 6.54 Å². The maximum atomic E-state index is 12.4. The summed E-state index contributed by atoms with van der Waals surface area (Å²) in [7, 11) is 0. The smallest absolute Gasteiger partial charge is 0.317 e. The van der Waals surface area contributed by atoms with Gasteiger partial charge in [0.1, 0.15) is 12.7 Å². The minimum absolute atomic E-state index is 0.0461. The molecule has 0 unspecified atom stereocenters. The van der Waals surface area contributed by atoms with Crippen LogP contribution >= 0.6 is 0 Å². The van der Waals surface area contributed by atoms with Gasteiger partial charge in [0.15, 0.2) is 0 Å². The number of aromatic nitrogens is 3. The summed E-state index contributed by atoms with van der Waals surface area (Å²) in [6, 6.07) is 8.01. The molecular formula is C18H21N5O. The maximum absolute atomic E-state index is 12.4. The summed E-state index contributed by atoms with van der Waals surface area (Å²) in [5.41, 5.74) is 2.03. The van der Waals surface area contributed by atoms with Gasteiger partial charge in [0.05, 0.1) is 5.69 Å². The van der Waals surface area contributed by atoms with Crippen molar-refractivity contribution in [3.8, 4) is 5.69 Å². The largest absolute Gasteiger partial charge is 0.334 e. The van der Waals surface area contributed by atoms with Gasteiger partial charge in [-0.1, -0.05) is 24.3 Å². The van der Waals surface area contributed by atoms with Crippen LogP contribution < -0.4 is 5.32 Å². The van der Waals surface area contributed by atoms with Crippen LogP contribution in [0.3, 0.4) is 0 Å². The summed E-state index contributed by atoms with van der Waals surface area (Å²) in [5, 5.41) is 7.14. The third-order valence-corrected chi connectivity index (χ3v) is 4.97. The number of amides is 2. The maximum Gasteiger partial charge on any atom is 0.317 e. The number of likely N-dealkylation sites (tertiary alicyclic amines) is 1. The van der Waals surface area contributed by atoms with Gasteiger partial charge in [-0.15, -0.1) is 0 Å². The molecule has 6 nitrogen and oxygen atoms in total. The van der Waals surface area contributed by atoms with E-state index in [1.807, 2.05) is 29.2 Å². The topological polar surface area (TPSA) is 63.1 Å². The summed E-state index contributed by atoms with van der Waals surface area (Å²) in [6.07, 6.45) is 9.89. The second-order valence-corrected chi connectivity index (χ2v) is 6.53. The van der Waals surface area contributed by atoms with Crippen LogP contribution in [0.2, 0.25) is 0 Å². The molecule has 2 heterocycles. The molecule has 0 bridgehead atoms. The van der Waals surface area contributed by atoms with Crippen molar-refractivity contribution in [1.29, 1.82) is 0 Å². The molecule has 1 aromatic carbocycles. The van der Waals surface area contributed by atoms with E-state index in [0.29, 0.717) is 18.4 Å². The van der Waals surface area contributed by atoms with Crippen molar-refractivity contribution >= 4 is 6.03 Å². The van der Waals surface area contributed by atoms with Crippen LogP contribution in [0.25, 0.3) is 5.69 Å². The van der Waals surface area contributed by atoms with E-state index in [9.17, 15) is 4.79 Å². The van der Waals surface area contributed by atoms with Gasteiger partial charge in [-0.05, 0) is 42.4 Å². The number of hydrogen-bond acceptors (Lipinski definition) is 3. The quantitative estimate of drug-likeness (QED) is 0.882. The van der Waals surface area contributed by atoms with Gasteiger partial charge in [0.25, 0.3) is 0 Å². The lowest BCUT2D eigenvalue weighted by atomic mass is 9.86. The lowest BCUT2D eigenvalue weighted by Gasteiger charge is -2.17. The van der Waals surface area contributed by atoms with Gasteiger partial charge < -0.3 is 10.2 Å². The molecule has 0 spiro atoms. The van der Waals surface area contributed by atoms with Crippen molar-refractivity contribution < 1.29 is 4.79 Å². The van der Waals surface area contributed by atoms with E-state index in [1.165, 1.54) is 6.33 Å². The number of hydrogen-bond donors (Lipinski definition) is 1. The Morgan fingerprint density at radius 3 is 2.46 bits per heavy atom. The monoisotopic (exact) mass is 323 g/mol. The number of allylic oxidation sites excluding steroid dienone is 2. The Bertz CT molecular complexity index is 706. The Balaban J connectivity index is 1.31. The zero-order valence-electron chi connectivity index (χ0n) is 13.5. The third kappa shape index (κ3) is 3.04. The van der Waals surface area contributed by atoms with E-state index in [4.69, 9.17) is 0 Å². The highest BCUT2D eigenvalue weighted by molar-refractivity contribution is 5.74. The summed E-state index contributed by atoms with van der Waals surface area (Å²) in [6.45, 7) is 2.30. The number of nitrogens with one attached hydrogen (secondary N) is 1. The van der Waals surface area contributed by atoms with E-state index in [-0.39, 0.29) is 6.03 Å². The zero-order chi connectivity index (χ0) is 16.4. The van der Waals surface area contributed by atoms with Crippen molar-refractivity contribution in [3.63, 3.8) is 0 Å². The van der Waals surface area contributed by atoms with Crippen molar-refractivity contribution in [3.05, 3.63) is 54.6 Å². The molecule has 1 aliphatic heterocycles. The molecule has 2 aromatic rings. The fourth-order valence-electron chi connectivity index (χ4n) is 3.58. The molecule has 0 radical (unpaired) electrons. The number of fused-ring (bicyclic) bond motifs is 1. The Labute approximate surface area is 141 Å². The Morgan fingerprint density at radius 2 is 1.83 bits per heavy atom. The molecule has 24 heavy (non-hydrogen) atoms. The first-order valence-electron chi connectivity index (χ1n) is 8.41. The van der Waals surface area contributed by atoms with Gasteiger partial charge >= 0.3 is 6.03 Å². The molecule has 2 atom stereocenters. The predicted molar refractivity (Wildman–Crippen MR) is 90.5 cm³/mol. The Kier molecular flexibility index (Phi) is 4.02. The third-order valence-electron chi connectivity index (χ3n) is 4.97. The van der Waals surface area contributed by atoms with Crippen molar-refractivity contribution in [2.45, 2.75) is 19.4 Å². The molecule has 2 amide bonds. The molecule has 1 N–H and O–H groups in total. The van der Waals surface area contributed by atoms with E-state index >= 15 is 0 Å². The molecule has 2 aliphatic rings. The lowest BCUT2D eigenvalue weighted by molar-refractivity contribution is 0.206. The van der Waals surface area contributed by atoms with E-state index in [0.717, 1.165) is 37.2 Å². The SMILES string of the molecule is O=C(NCc1ccc(-n2cncn2)cc1)N1C[C@@H]2CC=CC[C@H]2C1. The average Bonchev–Trinajstić information content (AvgIpc) is 3.29. The number of benzene rings is 1. The van der Waals surface area contributed by atoms with E-state index in [2.05, 4.69) is 27.6 Å². The van der Waals surface area contributed by atoms with Crippen LogP contribution in [0.4, 0.5) is 4.79 Å². The van der Waals surface area contributed by atoms with Crippen LogP contribution in [-0.4, -0.2) is 38.8 Å². The fraction of sp³-hybridized carbons (Fsp3) is 0.389. The van der Waals surface area contributed by atoms with Crippen molar-refractivity contribution in [2.75, 3.05) is 13.1 Å². The van der Waals surface area contributed by atoms with Gasteiger partial charge in [0.2, 0.25) is 0 Å². The highest BCUT2D eigenvalue weighted by Crippen LogP contribution is 2.32. The normalized spacial score (nSPS) is 22.4. The number of carbonyl (C=O) groups excluding carboxylic acids is 1. The first kappa shape index (κ1) is 14.9. The highest BCUT2D eigenvalue weighted by Gasteiger charge is 2.34. The zero-order valence-corrected chi connectivity index (χ0v) is 13.5. The second-order valence-electron chi connectivity index (χ2n) is 6.53. The number of nitrogens with zero attached hydrogens (tertiary/aromatic N) is 4. The summed E-state index contributed by atoms with van der Waals surface area (Å²) < 4.78 is 1.71. The number of rotatable bonds is 3. The summed E-state index contributed by atoms with van der Waals surface area (Å²) in [4.78, 5) is 18.3. The van der Waals surface area contributed by atoms with Crippen LogP contribution in [0, 0.1) is 11.8 Å². The lowest BCUT2D eigenvalue weighted by Crippen LogP contribution is -2.38. The fourth-order valence-corrected chi connectivity index (χ4v) is 3.58. The molecule has 1 fully saturated rings. The molecule has 124 valence electrons. The summed E-state index contributed by atoms with van der Waals surface area (Å²) in [5.74, 6) is 1.28. The van der Waals surface area contributed by atoms with Crippen molar-refractivity contribution in [2.24, 2.45) is 11.8 Å². The molecule has 6 heteroatoms. The van der Waals surface area contributed by atoms with Crippen LogP contribution in [0.1, 0.15) is 18.4 Å². The molecule has 1 aliphatic carbocycles. The Morgan fingerprint density at radius 1 is 1.12 bits per heavy atom. The molecular weight excluding hydrogens is 302 g/mol. The summed E-state index contributed by atoms with van der Waals surface area (Å²) >= 11 is 0. The Hall–Kier alpha value is -2.63. The average molecular weight is 323 g/mol. The first-order chi connectivity index (χ1) is 11.8. The van der Waals surface area contributed by atoms with Gasteiger partial charge in [-0.2, -0.15) is 5.10 Å². The van der Waals surface area contributed by atoms with Gasteiger partial charge in [0, 0.05) is 19.6 Å². The first-order valence-corrected chi connectivity index (χ1v) is 8.41. The minimum Gasteiger partial charge on any atom is -0.334 e. The molecule has 1 aromatic heterocycles. The number of urea groups is 1. The van der Waals surface area contributed by atoms with Gasteiger partial charge in [-0.3, -0.25) is 0 Å². The molecule has 0 saturated carbocycles. The van der Waals surface area contributed by atoms with Crippen LogP contribution in [0.5, 0.6) is 0 Å². The minimum atomic E-state index is 0.0461. The van der Waals surface area contributed by atoms with E-state index < -0.39 is 0 Å². The standard InChI is InChI=1S/C18H21N5O/c24-18(22-10-15-3-1-2-4-16(15)11-22)20-9-14-5-7-17(8-6-14)23-13-19-12-21-23/h1-2,5-8,12-13,15-16H,3-4,9-11H2,(H,20,24)/t15-,16-/m0/s1. The second kappa shape index (κ2) is 6.47. The van der Waals surface area contributed by atoms with Crippen molar-refractivity contribution in [1.82, 2.24) is 25.0 Å². The molecule has 1 saturated heterocycles. The highest BCUT2D eigenvalue weighted by atomic mass is 16.2. The molecule has 4 rings (SSSR count). The number of carbonyl (C=O) groups is 1.